The minimum atomic E-state index is -3.65. The highest BCUT2D eigenvalue weighted by Crippen LogP contribution is 2.08. The summed E-state index contributed by atoms with van der Waals surface area (Å²) in [7, 11) is -1.94. The van der Waals surface area contributed by atoms with Gasteiger partial charge in [0.15, 0.2) is 5.96 Å². The molecule has 0 radical (unpaired) electrons. The number of hydrogen-bond acceptors (Lipinski definition) is 5. The zero-order valence-electron chi connectivity index (χ0n) is 15.3. The molecule has 0 atom stereocenters. The van der Waals surface area contributed by atoms with Crippen LogP contribution in [-0.4, -0.2) is 41.1 Å². The number of rotatable bonds is 10. The highest BCUT2D eigenvalue weighted by atomic mass is 32.2. The number of nitrogens with one attached hydrogen (secondary N) is 2. The summed E-state index contributed by atoms with van der Waals surface area (Å²) in [4.78, 5) is 4.28. The van der Waals surface area contributed by atoms with Gasteiger partial charge in [0.05, 0.1) is 11.2 Å². The monoisotopic (exact) mass is 394 g/mol. The van der Waals surface area contributed by atoms with Gasteiger partial charge in [-0.25, -0.2) is 13.6 Å². The summed E-state index contributed by atoms with van der Waals surface area (Å²) in [6.45, 7) is 2.51. The van der Waals surface area contributed by atoms with E-state index in [0.717, 1.165) is 30.7 Å². The third-order valence-electron chi connectivity index (χ3n) is 3.76. The molecular formula is C18H26N4O4S. The Balaban J connectivity index is 1.59. The Bertz CT molecular complexity index is 802. The van der Waals surface area contributed by atoms with Crippen LogP contribution in [0.4, 0.5) is 0 Å². The Labute approximate surface area is 159 Å². The van der Waals surface area contributed by atoms with Crippen molar-refractivity contribution < 1.29 is 17.6 Å². The number of sulfonamides is 1. The molecule has 0 bridgehead atoms. The second-order valence-corrected chi connectivity index (χ2v) is 7.41. The van der Waals surface area contributed by atoms with Crippen molar-refractivity contribution in [2.45, 2.75) is 24.3 Å². The number of primary sulfonamides is 1. The smallest absolute Gasteiger partial charge is 0.238 e. The van der Waals surface area contributed by atoms with Gasteiger partial charge in [-0.15, -0.1) is 0 Å². The molecular weight excluding hydrogens is 368 g/mol. The molecule has 0 fully saturated rings. The summed E-state index contributed by atoms with van der Waals surface area (Å²) in [6, 6.07) is 10.3. The van der Waals surface area contributed by atoms with E-state index in [4.69, 9.17) is 14.3 Å². The van der Waals surface area contributed by atoms with Crippen molar-refractivity contribution in [3.8, 4) is 0 Å². The Hall–Kier alpha value is -2.36. The Morgan fingerprint density at radius 2 is 1.93 bits per heavy atom. The van der Waals surface area contributed by atoms with Crippen molar-refractivity contribution in [2.75, 3.05) is 26.7 Å². The number of hydrogen-bond donors (Lipinski definition) is 3. The maximum absolute atomic E-state index is 11.2. The van der Waals surface area contributed by atoms with Gasteiger partial charge in [-0.2, -0.15) is 0 Å². The molecule has 0 amide bonds. The van der Waals surface area contributed by atoms with Crippen LogP contribution in [0.5, 0.6) is 0 Å². The van der Waals surface area contributed by atoms with Crippen molar-refractivity contribution >= 4 is 16.0 Å². The highest BCUT2D eigenvalue weighted by Gasteiger charge is 2.06. The third-order valence-corrected chi connectivity index (χ3v) is 4.69. The fraction of sp³-hybridized carbons (Fsp3) is 0.389. The summed E-state index contributed by atoms with van der Waals surface area (Å²) < 4.78 is 33.2. The molecule has 1 heterocycles. The van der Waals surface area contributed by atoms with Gasteiger partial charge in [0, 0.05) is 26.7 Å². The van der Waals surface area contributed by atoms with E-state index in [1.165, 1.54) is 12.1 Å². The van der Waals surface area contributed by atoms with Gasteiger partial charge in [0.2, 0.25) is 10.0 Å². The van der Waals surface area contributed by atoms with Crippen molar-refractivity contribution in [1.29, 1.82) is 0 Å². The zero-order valence-corrected chi connectivity index (χ0v) is 16.2. The van der Waals surface area contributed by atoms with Crippen molar-refractivity contribution in [2.24, 2.45) is 10.1 Å². The third kappa shape index (κ3) is 7.81. The first-order chi connectivity index (χ1) is 13.0. The van der Waals surface area contributed by atoms with E-state index < -0.39 is 10.0 Å². The van der Waals surface area contributed by atoms with Gasteiger partial charge in [0.25, 0.3) is 0 Å². The van der Waals surface area contributed by atoms with Gasteiger partial charge in [-0.1, -0.05) is 12.1 Å². The first-order valence-corrected chi connectivity index (χ1v) is 10.2. The zero-order chi connectivity index (χ0) is 19.5. The van der Waals surface area contributed by atoms with E-state index >= 15 is 0 Å². The van der Waals surface area contributed by atoms with Crippen LogP contribution in [0.15, 0.2) is 57.0 Å². The Morgan fingerprint density at radius 1 is 1.19 bits per heavy atom. The van der Waals surface area contributed by atoms with Crippen molar-refractivity contribution in [3.63, 3.8) is 0 Å². The van der Waals surface area contributed by atoms with Crippen LogP contribution < -0.4 is 15.8 Å². The van der Waals surface area contributed by atoms with E-state index in [0.29, 0.717) is 25.7 Å². The lowest BCUT2D eigenvalue weighted by Gasteiger charge is -2.12. The number of aliphatic imine (C=N–C) groups is 1. The van der Waals surface area contributed by atoms with Crippen LogP contribution in [0.2, 0.25) is 0 Å². The molecule has 27 heavy (non-hydrogen) atoms. The molecule has 1 aromatic carbocycles. The van der Waals surface area contributed by atoms with Crippen LogP contribution in [0, 0.1) is 0 Å². The first-order valence-electron chi connectivity index (χ1n) is 8.65. The molecule has 1 aromatic heterocycles. The molecule has 0 aliphatic heterocycles. The minimum Gasteiger partial charge on any atom is -0.467 e. The van der Waals surface area contributed by atoms with E-state index in [9.17, 15) is 8.42 Å². The predicted molar refractivity (Wildman–Crippen MR) is 104 cm³/mol. The lowest BCUT2D eigenvalue weighted by molar-refractivity contribution is 0.105. The largest absolute Gasteiger partial charge is 0.467 e. The maximum Gasteiger partial charge on any atom is 0.238 e. The number of guanidine groups is 1. The van der Waals surface area contributed by atoms with Gasteiger partial charge in [-0.3, -0.25) is 4.99 Å². The van der Waals surface area contributed by atoms with Crippen LogP contribution in [0.3, 0.4) is 0 Å². The standard InChI is InChI=1S/C18H26N4O4S/c1-20-18(21-10-3-12-25-14-16-4-2-13-26-16)22-11-9-15-5-7-17(8-6-15)27(19,23)24/h2,4-8,13H,3,9-12,14H2,1H3,(H2,19,23,24)(H2,20,21,22). The number of benzene rings is 1. The summed E-state index contributed by atoms with van der Waals surface area (Å²) in [5.41, 5.74) is 1.01. The molecule has 0 aliphatic carbocycles. The van der Waals surface area contributed by atoms with Crippen LogP contribution in [0.25, 0.3) is 0 Å². The molecule has 0 saturated carbocycles. The Kier molecular flexibility index (Phi) is 8.31. The average Bonchev–Trinajstić information content (AvgIpc) is 3.16. The molecule has 0 unspecified atom stereocenters. The summed E-state index contributed by atoms with van der Waals surface area (Å²) in [5, 5.41) is 11.5. The minimum absolute atomic E-state index is 0.117. The molecule has 148 valence electrons. The van der Waals surface area contributed by atoms with Gasteiger partial charge < -0.3 is 19.8 Å². The second kappa shape index (κ2) is 10.7. The van der Waals surface area contributed by atoms with E-state index in [1.807, 2.05) is 12.1 Å². The molecule has 2 rings (SSSR count). The van der Waals surface area contributed by atoms with E-state index in [1.54, 1.807) is 25.4 Å². The quantitative estimate of drug-likeness (QED) is 0.317. The molecule has 2 aromatic rings. The SMILES string of the molecule is CN=C(NCCCOCc1ccco1)NCCc1ccc(S(N)(=O)=O)cc1. The summed E-state index contributed by atoms with van der Waals surface area (Å²) in [6.07, 6.45) is 3.21. The van der Waals surface area contributed by atoms with Gasteiger partial charge >= 0.3 is 0 Å². The van der Waals surface area contributed by atoms with Crippen molar-refractivity contribution in [1.82, 2.24) is 10.6 Å². The lowest BCUT2D eigenvalue weighted by atomic mass is 10.1. The average molecular weight is 394 g/mol. The van der Waals surface area contributed by atoms with Gasteiger partial charge in [0.1, 0.15) is 12.4 Å². The molecule has 8 nitrogen and oxygen atoms in total. The normalized spacial score (nSPS) is 12.1. The van der Waals surface area contributed by atoms with Crippen LogP contribution in [0.1, 0.15) is 17.7 Å². The van der Waals surface area contributed by atoms with Crippen LogP contribution in [-0.2, 0) is 27.8 Å². The van der Waals surface area contributed by atoms with Crippen LogP contribution >= 0.6 is 0 Å². The lowest BCUT2D eigenvalue weighted by Crippen LogP contribution is -2.39. The fourth-order valence-corrected chi connectivity index (χ4v) is 2.86. The topological polar surface area (TPSA) is 119 Å². The second-order valence-electron chi connectivity index (χ2n) is 5.85. The van der Waals surface area contributed by atoms with E-state index in [2.05, 4.69) is 15.6 Å². The molecule has 0 spiro atoms. The summed E-state index contributed by atoms with van der Waals surface area (Å²) >= 11 is 0. The highest BCUT2D eigenvalue weighted by molar-refractivity contribution is 7.89. The number of nitrogens with zero attached hydrogens (tertiary/aromatic N) is 1. The van der Waals surface area contributed by atoms with E-state index in [-0.39, 0.29) is 4.90 Å². The molecule has 4 N–H and O–H groups in total. The number of furan rings is 1. The van der Waals surface area contributed by atoms with Crippen molar-refractivity contribution in [3.05, 3.63) is 54.0 Å². The Morgan fingerprint density at radius 3 is 2.56 bits per heavy atom. The molecule has 0 aliphatic rings. The predicted octanol–water partition coefficient (Wildman–Crippen LogP) is 1.24. The number of nitrogens with two attached hydrogens (primary N) is 1. The van der Waals surface area contributed by atoms with Gasteiger partial charge in [-0.05, 0) is 42.7 Å². The molecule has 0 saturated heterocycles. The first kappa shape index (κ1) is 20.9. The number of ether oxygens (including phenoxy) is 1. The maximum atomic E-state index is 11.2. The molecule has 9 heteroatoms. The summed E-state index contributed by atoms with van der Waals surface area (Å²) in [5.74, 6) is 1.53. The fourth-order valence-electron chi connectivity index (χ4n) is 2.34.